The standard InChI is InChI=1S/C12H15NO5/c1-16-12(17-2)7-8-5-4-6-9(11(14)15)10(8)13(12)18-3/h4-6H,7H2,1-3H3,(H,14,15). The van der Waals surface area contributed by atoms with Crippen molar-refractivity contribution in [1.82, 2.24) is 0 Å². The molecule has 6 nitrogen and oxygen atoms in total. The summed E-state index contributed by atoms with van der Waals surface area (Å²) in [6.07, 6.45) is 0.393. The third-order valence-electron chi connectivity index (χ3n) is 3.10. The number of nitrogens with zero attached hydrogens (tertiary/aromatic N) is 1. The van der Waals surface area contributed by atoms with Crippen LogP contribution >= 0.6 is 0 Å². The largest absolute Gasteiger partial charge is 0.478 e. The fourth-order valence-electron chi connectivity index (χ4n) is 2.25. The van der Waals surface area contributed by atoms with Crippen molar-refractivity contribution in [2.75, 3.05) is 26.4 Å². The zero-order chi connectivity index (χ0) is 13.3. The zero-order valence-electron chi connectivity index (χ0n) is 10.5. The molecule has 1 aliphatic rings. The van der Waals surface area contributed by atoms with Crippen molar-refractivity contribution in [3.63, 3.8) is 0 Å². The zero-order valence-corrected chi connectivity index (χ0v) is 10.5. The van der Waals surface area contributed by atoms with E-state index >= 15 is 0 Å². The summed E-state index contributed by atoms with van der Waals surface area (Å²) < 4.78 is 10.7. The molecule has 6 heteroatoms. The summed E-state index contributed by atoms with van der Waals surface area (Å²) in [5, 5.41) is 10.6. The Kier molecular flexibility index (Phi) is 3.25. The predicted molar refractivity (Wildman–Crippen MR) is 63.3 cm³/mol. The monoisotopic (exact) mass is 253 g/mol. The molecule has 0 aliphatic carbocycles. The Hall–Kier alpha value is -1.63. The average molecular weight is 253 g/mol. The molecular formula is C12H15NO5. The Morgan fingerprint density at radius 1 is 1.33 bits per heavy atom. The molecule has 0 aromatic heterocycles. The van der Waals surface area contributed by atoms with Gasteiger partial charge in [-0.2, -0.15) is 5.06 Å². The Morgan fingerprint density at radius 3 is 2.50 bits per heavy atom. The highest BCUT2D eigenvalue weighted by molar-refractivity contribution is 5.96. The van der Waals surface area contributed by atoms with Crippen molar-refractivity contribution in [3.05, 3.63) is 29.3 Å². The van der Waals surface area contributed by atoms with Crippen LogP contribution in [0.5, 0.6) is 0 Å². The number of rotatable bonds is 4. The van der Waals surface area contributed by atoms with E-state index in [1.165, 1.54) is 32.5 Å². The Bertz CT molecular complexity index is 470. The second-order valence-electron chi connectivity index (χ2n) is 3.89. The van der Waals surface area contributed by atoms with E-state index in [0.29, 0.717) is 12.1 Å². The van der Waals surface area contributed by atoms with Crippen LogP contribution in [0.15, 0.2) is 18.2 Å². The molecular weight excluding hydrogens is 238 g/mol. The van der Waals surface area contributed by atoms with Crippen LogP contribution in [0.4, 0.5) is 5.69 Å². The van der Waals surface area contributed by atoms with Crippen LogP contribution in [0, 0.1) is 0 Å². The highest BCUT2D eigenvalue weighted by atomic mass is 16.8. The molecule has 1 N–H and O–H groups in total. The van der Waals surface area contributed by atoms with E-state index in [-0.39, 0.29) is 5.56 Å². The van der Waals surface area contributed by atoms with Gasteiger partial charge in [0.25, 0.3) is 5.91 Å². The number of benzene rings is 1. The van der Waals surface area contributed by atoms with E-state index < -0.39 is 11.9 Å². The number of para-hydroxylation sites is 1. The lowest BCUT2D eigenvalue weighted by molar-refractivity contribution is -0.236. The van der Waals surface area contributed by atoms with Gasteiger partial charge in [-0.05, 0) is 11.6 Å². The Balaban J connectivity index is 2.59. The van der Waals surface area contributed by atoms with Crippen molar-refractivity contribution in [3.8, 4) is 0 Å². The van der Waals surface area contributed by atoms with Gasteiger partial charge in [-0.1, -0.05) is 12.1 Å². The van der Waals surface area contributed by atoms with Gasteiger partial charge in [0.1, 0.15) is 0 Å². The van der Waals surface area contributed by atoms with Crippen LogP contribution in [0.3, 0.4) is 0 Å². The van der Waals surface area contributed by atoms with Gasteiger partial charge in [-0.15, -0.1) is 0 Å². The molecule has 0 radical (unpaired) electrons. The third kappa shape index (κ3) is 1.66. The lowest BCUT2D eigenvalue weighted by atomic mass is 10.1. The molecule has 18 heavy (non-hydrogen) atoms. The van der Waals surface area contributed by atoms with Gasteiger partial charge in [0.05, 0.1) is 24.8 Å². The van der Waals surface area contributed by atoms with Gasteiger partial charge in [0.2, 0.25) is 0 Å². The number of methoxy groups -OCH3 is 2. The summed E-state index contributed by atoms with van der Waals surface area (Å²) in [6, 6.07) is 5.04. The normalized spacial score (nSPS) is 16.7. The summed E-state index contributed by atoms with van der Waals surface area (Å²) in [5.41, 5.74) is 1.43. The summed E-state index contributed by atoms with van der Waals surface area (Å²) >= 11 is 0. The number of carboxylic acid groups (broad SMARTS) is 1. The molecule has 2 rings (SSSR count). The van der Waals surface area contributed by atoms with E-state index in [2.05, 4.69) is 0 Å². The molecule has 0 atom stereocenters. The SMILES string of the molecule is CON1c2c(cccc2C(=O)O)CC1(OC)OC. The van der Waals surface area contributed by atoms with E-state index in [4.69, 9.17) is 14.3 Å². The quantitative estimate of drug-likeness (QED) is 0.815. The van der Waals surface area contributed by atoms with E-state index in [1.54, 1.807) is 6.07 Å². The molecule has 1 aliphatic heterocycles. The number of hydroxylamine groups is 1. The van der Waals surface area contributed by atoms with Crippen LogP contribution in [0.1, 0.15) is 15.9 Å². The third-order valence-corrected chi connectivity index (χ3v) is 3.10. The minimum Gasteiger partial charge on any atom is -0.478 e. The number of carboxylic acids is 1. The van der Waals surface area contributed by atoms with Crippen molar-refractivity contribution in [1.29, 1.82) is 0 Å². The Morgan fingerprint density at radius 2 is 2.00 bits per heavy atom. The first-order chi connectivity index (χ1) is 8.59. The molecule has 0 unspecified atom stereocenters. The molecule has 0 spiro atoms. The van der Waals surface area contributed by atoms with Crippen LogP contribution in [-0.4, -0.2) is 38.3 Å². The molecule has 0 saturated carbocycles. The highest BCUT2D eigenvalue weighted by Gasteiger charge is 2.47. The average Bonchev–Trinajstić information content (AvgIpc) is 2.71. The second-order valence-corrected chi connectivity index (χ2v) is 3.89. The lowest BCUT2D eigenvalue weighted by Gasteiger charge is -2.35. The molecule has 0 bridgehead atoms. The number of anilines is 1. The predicted octanol–water partition coefficient (Wildman–Crippen LogP) is 1.26. The smallest absolute Gasteiger partial charge is 0.337 e. The minimum atomic E-state index is -1.12. The van der Waals surface area contributed by atoms with E-state index in [9.17, 15) is 9.90 Å². The van der Waals surface area contributed by atoms with Gasteiger partial charge in [-0.3, -0.25) is 4.84 Å². The first-order valence-corrected chi connectivity index (χ1v) is 5.39. The van der Waals surface area contributed by atoms with E-state index in [1.807, 2.05) is 6.07 Å². The topological polar surface area (TPSA) is 68.2 Å². The van der Waals surface area contributed by atoms with E-state index in [0.717, 1.165) is 5.56 Å². The fraction of sp³-hybridized carbons (Fsp3) is 0.417. The number of ether oxygens (including phenoxy) is 2. The molecule has 0 fully saturated rings. The maximum atomic E-state index is 11.2. The maximum absolute atomic E-state index is 11.2. The molecule has 98 valence electrons. The number of hydrogen-bond acceptors (Lipinski definition) is 5. The van der Waals surface area contributed by atoms with Gasteiger partial charge in [0, 0.05) is 14.2 Å². The summed E-state index contributed by atoms with van der Waals surface area (Å²) in [5.74, 6) is -2.14. The second kappa shape index (κ2) is 4.56. The van der Waals surface area contributed by atoms with Gasteiger partial charge in [0.15, 0.2) is 0 Å². The number of hydrogen-bond donors (Lipinski definition) is 1. The molecule has 1 aromatic carbocycles. The van der Waals surface area contributed by atoms with Crippen LogP contribution < -0.4 is 5.06 Å². The summed E-state index contributed by atoms with van der Waals surface area (Å²) in [4.78, 5) is 16.5. The Labute approximate surface area is 105 Å². The summed E-state index contributed by atoms with van der Waals surface area (Å²) in [6.45, 7) is 0. The summed E-state index contributed by atoms with van der Waals surface area (Å²) in [7, 11) is 4.42. The number of carbonyl (C=O) groups is 1. The van der Waals surface area contributed by atoms with Crippen molar-refractivity contribution in [2.45, 2.75) is 12.3 Å². The first kappa shape index (κ1) is 12.8. The van der Waals surface area contributed by atoms with Crippen molar-refractivity contribution in [2.24, 2.45) is 0 Å². The first-order valence-electron chi connectivity index (χ1n) is 5.39. The minimum absolute atomic E-state index is 0.158. The van der Waals surface area contributed by atoms with Gasteiger partial charge < -0.3 is 14.6 Å². The van der Waals surface area contributed by atoms with Crippen LogP contribution in [0.25, 0.3) is 0 Å². The van der Waals surface area contributed by atoms with Crippen LogP contribution in [0.2, 0.25) is 0 Å². The molecule has 0 saturated heterocycles. The molecule has 1 heterocycles. The van der Waals surface area contributed by atoms with Crippen molar-refractivity contribution < 1.29 is 24.2 Å². The van der Waals surface area contributed by atoms with Crippen molar-refractivity contribution >= 4 is 11.7 Å². The maximum Gasteiger partial charge on any atom is 0.337 e. The number of fused-ring (bicyclic) bond motifs is 1. The lowest BCUT2D eigenvalue weighted by Crippen LogP contribution is -2.49. The van der Waals surface area contributed by atoms with Crippen LogP contribution in [-0.2, 0) is 20.7 Å². The highest BCUT2D eigenvalue weighted by Crippen LogP contribution is 2.42. The molecule has 0 amide bonds. The molecule has 1 aromatic rings. The van der Waals surface area contributed by atoms with Gasteiger partial charge in [-0.25, -0.2) is 4.79 Å². The van der Waals surface area contributed by atoms with Gasteiger partial charge >= 0.3 is 5.97 Å². The fourth-order valence-corrected chi connectivity index (χ4v) is 2.25. The number of aromatic carboxylic acids is 1.